The highest BCUT2D eigenvalue weighted by atomic mass is 32.2. The van der Waals surface area contributed by atoms with E-state index in [0.717, 1.165) is 32.1 Å². The number of thioether (sulfide) groups is 1. The van der Waals surface area contributed by atoms with Gasteiger partial charge in [-0.15, -0.1) is 11.3 Å². The van der Waals surface area contributed by atoms with E-state index < -0.39 is 0 Å². The lowest BCUT2D eigenvalue weighted by Crippen LogP contribution is -2.03. The van der Waals surface area contributed by atoms with E-state index in [1.54, 1.807) is 31.4 Å². The number of hydrogen-bond donors (Lipinski definition) is 0. The monoisotopic (exact) mass is 424 g/mol. The van der Waals surface area contributed by atoms with E-state index in [0.29, 0.717) is 11.1 Å². The van der Waals surface area contributed by atoms with Gasteiger partial charge in [-0.1, -0.05) is 23.9 Å². The summed E-state index contributed by atoms with van der Waals surface area (Å²) in [5.74, 6) is 0.634. The molecule has 0 aliphatic carbocycles. The molecule has 0 aliphatic rings. The van der Waals surface area contributed by atoms with Crippen LogP contribution in [0.4, 0.5) is 4.39 Å². The van der Waals surface area contributed by atoms with E-state index in [1.807, 2.05) is 24.3 Å². The number of hydrogen-bond acceptors (Lipinski definition) is 6. The molecule has 0 aliphatic heterocycles. The van der Waals surface area contributed by atoms with Crippen molar-refractivity contribution >= 4 is 39.1 Å². The molecule has 29 heavy (non-hydrogen) atoms. The predicted octanol–water partition coefficient (Wildman–Crippen LogP) is 5.79. The second-order valence-electron chi connectivity index (χ2n) is 6.41. The molecule has 0 spiro atoms. The number of nitrogens with zero attached hydrogens (tertiary/aromatic N) is 2. The zero-order valence-electron chi connectivity index (χ0n) is 15.8. The van der Waals surface area contributed by atoms with Gasteiger partial charge >= 0.3 is 0 Å². The molecule has 0 saturated heterocycles. The van der Waals surface area contributed by atoms with Crippen LogP contribution in [0.5, 0.6) is 5.75 Å². The van der Waals surface area contributed by atoms with Crippen LogP contribution in [-0.4, -0.2) is 28.6 Å². The third kappa shape index (κ3) is 4.02. The molecule has 0 unspecified atom stereocenters. The lowest BCUT2D eigenvalue weighted by Gasteiger charge is -2.07. The minimum absolute atomic E-state index is 0.0638. The minimum atomic E-state index is -0.311. The quantitative estimate of drug-likeness (QED) is 0.223. The Labute approximate surface area is 175 Å². The largest absolute Gasteiger partial charge is 0.497 e. The van der Waals surface area contributed by atoms with Gasteiger partial charge in [0.15, 0.2) is 5.78 Å². The number of benzene rings is 2. The summed E-state index contributed by atoms with van der Waals surface area (Å²) in [5.41, 5.74) is 3.03. The fraction of sp³-hybridized carbons (Fsp3) is 0.136. The molecule has 4 aromatic rings. The molecule has 0 N–H and O–H groups in total. The molecule has 0 atom stereocenters. The second-order valence-corrected chi connectivity index (χ2v) is 8.23. The van der Waals surface area contributed by atoms with Gasteiger partial charge in [0.2, 0.25) is 0 Å². The van der Waals surface area contributed by atoms with Crippen molar-refractivity contribution in [3.05, 3.63) is 71.1 Å². The molecule has 0 fully saturated rings. The van der Waals surface area contributed by atoms with E-state index in [-0.39, 0.29) is 17.4 Å². The molecular weight excluding hydrogens is 407 g/mol. The van der Waals surface area contributed by atoms with Crippen LogP contribution in [0.2, 0.25) is 0 Å². The van der Waals surface area contributed by atoms with E-state index in [9.17, 15) is 9.18 Å². The molecule has 0 bridgehead atoms. The average molecular weight is 425 g/mol. The zero-order valence-corrected chi connectivity index (χ0v) is 17.4. The molecule has 0 saturated carbocycles. The van der Waals surface area contributed by atoms with Gasteiger partial charge in [0.05, 0.1) is 18.2 Å². The van der Waals surface area contributed by atoms with Crippen molar-refractivity contribution in [2.24, 2.45) is 0 Å². The first-order chi connectivity index (χ1) is 14.1. The summed E-state index contributed by atoms with van der Waals surface area (Å²) in [5, 5.41) is 3.75. The summed E-state index contributed by atoms with van der Waals surface area (Å²) in [6.07, 6.45) is 1.52. The van der Waals surface area contributed by atoms with Crippen molar-refractivity contribution in [1.29, 1.82) is 0 Å². The topological polar surface area (TPSA) is 52.1 Å². The Morgan fingerprint density at radius 3 is 2.69 bits per heavy atom. The zero-order chi connectivity index (χ0) is 20.4. The molecule has 2 aromatic heterocycles. The van der Waals surface area contributed by atoms with Crippen molar-refractivity contribution in [2.45, 2.75) is 11.9 Å². The molecule has 7 heteroatoms. The number of aromatic nitrogens is 2. The number of ketones is 1. The summed E-state index contributed by atoms with van der Waals surface area (Å²) < 4.78 is 18.7. The van der Waals surface area contributed by atoms with Crippen LogP contribution in [0, 0.1) is 12.7 Å². The second kappa shape index (κ2) is 8.31. The standard InChI is InChI=1S/C22H17FN2O2S2/c1-13-9-15(5-8-18(13)23)19(26)11-29-22-20-17(10-28-21(20)24-12-25-22)14-3-6-16(27-2)7-4-14/h3-10,12H,11H2,1-2H3. The number of halogens is 1. The fourth-order valence-corrected chi connectivity index (χ4v) is 4.86. The minimum Gasteiger partial charge on any atom is -0.497 e. The van der Waals surface area contributed by atoms with Gasteiger partial charge in [-0.25, -0.2) is 14.4 Å². The first kappa shape index (κ1) is 19.5. The van der Waals surface area contributed by atoms with Crippen LogP contribution in [0.15, 0.2) is 59.2 Å². The Morgan fingerprint density at radius 1 is 1.17 bits per heavy atom. The smallest absolute Gasteiger partial charge is 0.173 e. The third-order valence-corrected chi connectivity index (χ3v) is 6.43. The summed E-state index contributed by atoms with van der Waals surface area (Å²) in [7, 11) is 1.64. The first-order valence-corrected chi connectivity index (χ1v) is 10.7. The molecule has 146 valence electrons. The van der Waals surface area contributed by atoms with E-state index in [1.165, 1.54) is 30.2 Å². The van der Waals surface area contributed by atoms with Gasteiger partial charge < -0.3 is 4.74 Å². The number of Topliss-reactive ketones (excluding diaryl/α,β-unsaturated/α-hetero) is 1. The predicted molar refractivity (Wildman–Crippen MR) is 116 cm³/mol. The van der Waals surface area contributed by atoms with Crippen molar-refractivity contribution in [3.8, 4) is 16.9 Å². The molecule has 4 rings (SSSR count). The molecular formula is C22H17FN2O2S2. The maximum absolute atomic E-state index is 13.5. The maximum atomic E-state index is 13.5. The molecule has 0 radical (unpaired) electrons. The Bertz CT molecular complexity index is 1190. The summed E-state index contributed by atoms with van der Waals surface area (Å²) in [6.45, 7) is 1.65. The number of thiophene rings is 1. The fourth-order valence-electron chi connectivity index (χ4n) is 2.98. The highest BCUT2D eigenvalue weighted by molar-refractivity contribution is 8.00. The highest BCUT2D eigenvalue weighted by Crippen LogP contribution is 2.38. The van der Waals surface area contributed by atoms with Gasteiger partial charge in [-0.2, -0.15) is 0 Å². The Kier molecular flexibility index (Phi) is 5.60. The van der Waals surface area contributed by atoms with Crippen molar-refractivity contribution in [3.63, 3.8) is 0 Å². The van der Waals surface area contributed by atoms with Gasteiger partial charge in [0.25, 0.3) is 0 Å². The van der Waals surface area contributed by atoms with Crippen LogP contribution >= 0.6 is 23.1 Å². The number of carbonyl (C=O) groups is 1. The van der Waals surface area contributed by atoms with Crippen LogP contribution < -0.4 is 4.74 Å². The lowest BCUT2D eigenvalue weighted by atomic mass is 10.1. The third-order valence-electron chi connectivity index (χ3n) is 4.56. The normalized spacial score (nSPS) is 11.0. The molecule has 2 aromatic carbocycles. The molecule has 2 heterocycles. The lowest BCUT2D eigenvalue weighted by molar-refractivity contribution is 0.102. The van der Waals surface area contributed by atoms with Gasteiger partial charge in [-0.05, 0) is 48.4 Å². The summed E-state index contributed by atoms with van der Waals surface area (Å²) in [4.78, 5) is 22.2. The van der Waals surface area contributed by atoms with Gasteiger partial charge in [0.1, 0.15) is 27.8 Å². The van der Waals surface area contributed by atoms with Crippen LogP contribution in [-0.2, 0) is 0 Å². The number of rotatable bonds is 6. The summed E-state index contributed by atoms with van der Waals surface area (Å²) >= 11 is 2.92. The Hall–Kier alpha value is -2.77. The first-order valence-electron chi connectivity index (χ1n) is 8.85. The van der Waals surface area contributed by atoms with Crippen molar-refractivity contribution < 1.29 is 13.9 Å². The number of methoxy groups -OCH3 is 1. The van der Waals surface area contributed by atoms with Crippen molar-refractivity contribution in [2.75, 3.05) is 12.9 Å². The van der Waals surface area contributed by atoms with E-state index >= 15 is 0 Å². The maximum Gasteiger partial charge on any atom is 0.173 e. The van der Waals surface area contributed by atoms with Crippen LogP contribution in [0.3, 0.4) is 0 Å². The summed E-state index contributed by atoms with van der Waals surface area (Å²) in [6, 6.07) is 12.3. The SMILES string of the molecule is COc1ccc(-c2csc3ncnc(SCC(=O)c4ccc(F)c(C)c4)c23)cc1. The number of ether oxygens (including phenoxy) is 1. The molecule has 4 nitrogen and oxygen atoms in total. The Morgan fingerprint density at radius 2 is 1.97 bits per heavy atom. The van der Waals surface area contributed by atoms with E-state index in [4.69, 9.17) is 4.74 Å². The molecule has 0 amide bonds. The van der Waals surface area contributed by atoms with Crippen molar-refractivity contribution in [1.82, 2.24) is 9.97 Å². The average Bonchev–Trinajstić information content (AvgIpc) is 3.19. The van der Waals surface area contributed by atoms with Crippen LogP contribution in [0.25, 0.3) is 21.3 Å². The number of carbonyl (C=O) groups excluding carboxylic acids is 1. The number of aryl methyl sites for hydroxylation is 1. The van der Waals surface area contributed by atoms with E-state index in [2.05, 4.69) is 15.3 Å². The van der Waals surface area contributed by atoms with Gasteiger partial charge in [0, 0.05) is 16.5 Å². The highest BCUT2D eigenvalue weighted by Gasteiger charge is 2.16. The number of fused-ring (bicyclic) bond motifs is 1. The Balaban J connectivity index is 1.62. The van der Waals surface area contributed by atoms with Crippen LogP contribution in [0.1, 0.15) is 15.9 Å². The van der Waals surface area contributed by atoms with Gasteiger partial charge in [-0.3, -0.25) is 4.79 Å².